The van der Waals surface area contributed by atoms with Gasteiger partial charge < -0.3 is 16.3 Å². The molecule has 0 aliphatic rings. The van der Waals surface area contributed by atoms with Gasteiger partial charge in [-0.15, -0.1) is 0 Å². The summed E-state index contributed by atoms with van der Waals surface area (Å²) in [5, 5.41) is 14.7. The minimum absolute atomic E-state index is 0.0349. The van der Waals surface area contributed by atoms with Crippen LogP contribution in [0.3, 0.4) is 0 Å². The summed E-state index contributed by atoms with van der Waals surface area (Å²) in [6, 6.07) is 12.6. The maximum absolute atomic E-state index is 12.2. The van der Waals surface area contributed by atoms with E-state index in [0.29, 0.717) is 16.8 Å². The van der Waals surface area contributed by atoms with Crippen LogP contribution in [-0.2, 0) is 0 Å². The third kappa shape index (κ3) is 3.20. The van der Waals surface area contributed by atoms with Crippen LogP contribution < -0.4 is 11.1 Å². The predicted octanol–water partition coefficient (Wildman–Crippen LogP) is 2.65. The number of amides is 1. The smallest absolute Gasteiger partial charge is 0.255 e. The molecule has 4 N–H and O–H groups in total. The average Bonchev–Trinajstić information content (AvgIpc) is 2.47. The second-order valence-electron chi connectivity index (χ2n) is 4.80. The molecular weight excluding hydrogens is 266 g/mol. The van der Waals surface area contributed by atoms with Gasteiger partial charge >= 0.3 is 0 Å². The summed E-state index contributed by atoms with van der Waals surface area (Å²) >= 11 is 0. The minimum atomic E-state index is -0.243. The quantitative estimate of drug-likeness (QED) is 0.350. The van der Waals surface area contributed by atoms with Gasteiger partial charge in [-0.2, -0.15) is 0 Å². The highest BCUT2D eigenvalue weighted by Crippen LogP contribution is 2.20. The van der Waals surface area contributed by atoms with Crippen LogP contribution in [0.2, 0.25) is 0 Å². The van der Waals surface area contributed by atoms with Crippen LogP contribution in [0.5, 0.6) is 0 Å². The monoisotopic (exact) mass is 283 g/mol. The van der Waals surface area contributed by atoms with E-state index in [4.69, 9.17) is 10.9 Å². The lowest BCUT2D eigenvalue weighted by molar-refractivity contribution is 0.102. The standard InChI is InChI=1S/C16H17N3O2/c1-10-6-8-12(9-7-10)16(20)18-13-5-3-4-11(2)14(13)15(17)19-21/h3-9,21H,1-2H3,(H2,17,19)(H,18,20). The van der Waals surface area contributed by atoms with E-state index in [9.17, 15) is 4.79 Å². The van der Waals surface area contributed by atoms with Crippen LogP contribution >= 0.6 is 0 Å². The highest BCUT2D eigenvalue weighted by Gasteiger charge is 2.13. The van der Waals surface area contributed by atoms with E-state index in [0.717, 1.165) is 11.1 Å². The van der Waals surface area contributed by atoms with Gasteiger partial charge in [-0.3, -0.25) is 4.79 Å². The van der Waals surface area contributed by atoms with Crippen LogP contribution in [0.25, 0.3) is 0 Å². The molecule has 0 unspecified atom stereocenters. The Kier molecular flexibility index (Phi) is 4.23. The number of amidine groups is 1. The zero-order valence-corrected chi connectivity index (χ0v) is 11.9. The van der Waals surface area contributed by atoms with E-state index in [-0.39, 0.29) is 11.7 Å². The van der Waals surface area contributed by atoms with Gasteiger partial charge in [0.05, 0.1) is 5.69 Å². The summed E-state index contributed by atoms with van der Waals surface area (Å²) in [6.07, 6.45) is 0. The Bertz CT molecular complexity index is 691. The van der Waals surface area contributed by atoms with Crippen LogP contribution in [0.15, 0.2) is 47.6 Å². The maximum Gasteiger partial charge on any atom is 0.255 e. The van der Waals surface area contributed by atoms with E-state index in [2.05, 4.69) is 10.5 Å². The van der Waals surface area contributed by atoms with Crippen molar-refractivity contribution in [2.75, 3.05) is 5.32 Å². The van der Waals surface area contributed by atoms with E-state index < -0.39 is 0 Å². The number of anilines is 1. The van der Waals surface area contributed by atoms with Crippen LogP contribution in [0.1, 0.15) is 27.0 Å². The first-order valence-electron chi connectivity index (χ1n) is 6.48. The second kappa shape index (κ2) is 6.09. The molecule has 0 radical (unpaired) electrons. The number of benzene rings is 2. The molecule has 0 bridgehead atoms. The third-order valence-corrected chi connectivity index (χ3v) is 3.20. The lowest BCUT2D eigenvalue weighted by Crippen LogP contribution is -2.20. The Morgan fingerprint density at radius 3 is 2.43 bits per heavy atom. The molecule has 0 atom stereocenters. The molecule has 2 aromatic rings. The summed E-state index contributed by atoms with van der Waals surface area (Å²) in [4.78, 5) is 12.2. The molecule has 0 aliphatic carbocycles. The molecule has 0 heterocycles. The van der Waals surface area contributed by atoms with Crippen molar-refractivity contribution >= 4 is 17.4 Å². The zero-order chi connectivity index (χ0) is 15.4. The number of nitrogens with two attached hydrogens (primary N) is 1. The summed E-state index contributed by atoms with van der Waals surface area (Å²) in [5.74, 6) is -0.278. The Balaban J connectivity index is 2.33. The van der Waals surface area contributed by atoms with Crippen LogP contribution in [-0.4, -0.2) is 17.0 Å². The van der Waals surface area contributed by atoms with Gasteiger partial charge in [0.25, 0.3) is 5.91 Å². The van der Waals surface area contributed by atoms with E-state index in [1.165, 1.54) is 0 Å². The Morgan fingerprint density at radius 2 is 1.81 bits per heavy atom. The zero-order valence-electron chi connectivity index (χ0n) is 11.9. The van der Waals surface area contributed by atoms with Gasteiger partial charge in [-0.25, -0.2) is 0 Å². The van der Waals surface area contributed by atoms with Gasteiger partial charge in [0.2, 0.25) is 0 Å². The number of carbonyl (C=O) groups excluding carboxylic acids is 1. The Morgan fingerprint density at radius 1 is 1.14 bits per heavy atom. The highest BCUT2D eigenvalue weighted by molar-refractivity contribution is 6.10. The topological polar surface area (TPSA) is 87.7 Å². The van der Waals surface area contributed by atoms with Gasteiger partial charge in [0.15, 0.2) is 5.84 Å². The van der Waals surface area contributed by atoms with Crippen molar-refractivity contribution in [3.05, 3.63) is 64.7 Å². The fourth-order valence-corrected chi connectivity index (χ4v) is 2.06. The van der Waals surface area contributed by atoms with Gasteiger partial charge in [-0.1, -0.05) is 35.0 Å². The van der Waals surface area contributed by atoms with Gasteiger partial charge in [0, 0.05) is 11.1 Å². The minimum Gasteiger partial charge on any atom is -0.409 e. The van der Waals surface area contributed by atoms with Gasteiger partial charge in [0.1, 0.15) is 0 Å². The third-order valence-electron chi connectivity index (χ3n) is 3.20. The molecule has 0 aromatic heterocycles. The number of oxime groups is 1. The first-order chi connectivity index (χ1) is 10.0. The van der Waals surface area contributed by atoms with Crippen molar-refractivity contribution in [3.63, 3.8) is 0 Å². The molecular formula is C16H17N3O2. The van der Waals surface area contributed by atoms with Gasteiger partial charge in [-0.05, 0) is 37.6 Å². The van der Waals surface area contributed by atoms with E-state index >= 15 is 0 Å². The summed E-state index contributed by atoms with van der Waals surface area (Å²) < 4.78 is 0. The second-order valence-corrected chi connectivity index (χ2v) is 4.80. The van der Waals surface area contributed by atoms with Crippen molar-refractivity contribution in [2.24, 2.45) is 10.9 Å². The lowest BCUT2D eigenvalue weighted by Gasteiger charge is -2.12. The molecule has 0 aliphatic heterocycles. The summed E-state index contributed by atoms with van der Waals surface area (Å²) in [5.41, 5.74) is 9.15. The van der Waals surface area contributed by atoms with Crippen molar-refractivity contribution in [1.29, 1.82) is 0 Å². The number of nitrogens with zero attached hydrogens (tertiary/aromatic N) is 1. The lowest BCUT2D eigenvalue weighted by atomic mass is 10.0. The molecule has 5 nitrogen and oxygen atoms in total. The number of carbonyl (C=O) groups is 1. The Hall–Kier alpha value is -2.82. The maximum atomic E-state index is 12.2. The van der Waals surface area contributed by atoms with Crippen molar-refractivity contribution in [3.8, 4) is 0 Å². The molecule has 0 fully saturated rings. The molecule has 0 spiro atoms. The van der Waals surface area contributed by atoms with Crippen LogP contribution in [0.4, 0.5) is 5.69 Å². The van der Waals surface area contributed by atoms with E-state index in [1.807, 2.05) is 32.0 Å². The molecule has 21 heavy (non-hydrogen) atoms. The molecule has 1 amide bonds. The number of nitrogens with one attached hydrogen (secondary N) is 1. The fraction of sp³-hybridized carbons (Fsp3) is 0.125. The number of rotatable bonds is 3. The van der Waals surface area contributed by atoms with Crippen molar-refractivity contribution in [2.45, 2.75) is 13.8 Å². The average molecular weight is 283 g/mol. The number of aryl methyl sites for hydroxylation is 2. The fourth-order valence-electron chi connectivity index (χ4n) is 2.06. The predicted molar refractivity (Wildman–Crippen MR) is 82.8 cm³/mol. The molecule has 0 saturated heterocycles. The van der Waals surface area contributed by atoms with E-state index in [1.54, 1.807) is 24.3 Å². The first-order valence-corrected chi connectivity index (χ1v) is 6.48. The molecule has 2 rings (SSSR count). The SMILES string of the molecule is Cc1ccc(C(=O)Nc2cccc(C)c2/C(N)=N/O)cc1. The summed E-state index contributed by atoms with van der Waals surface area (Å²) in [7, 11) is 0. The summed E-state index contributed by atoms with van der Waals surface area (Å²) in [6.45, 7) is 3.79. The normalized spacial score (nSPS) is 11.2. The molecule has 2 aromatic carbocycles. The number of hydrogen-bond acceptors (Lipinski definition) is 3. The van der Waals surface area contributed by atoms with Crippen LogP contribution in [0, 0.1) is 13.8 Å². The highest BCUT2D eigenvalue weighted by atomic mass is 16.4. The Labute approximate surface area is 123 Å². The molecule has 0 saturated carbocycles. The van der Waals surface area contributed by atoms with Crippen molar-refractivity contribution < 1.29 is 10.0 Å². The largest absolute Gasteiger partial charge is 0.409 e. The molecule has 108 valence electrons. The van der Waals surface area contributed by atoms with Crippen molar-refractivity contribution in [1.82, 2.24) is 0 Å². The number of hydrogen-bond donors (Lipinski definition) is 3. The molecule has 5 heteroatoms. The first kappa shape index (κ1) is 14.6.